The van der Waals surface area contributed by atoms with E-state index in [1.807, 2.05) is 0 Å². The van der Waals surface area contributed by atoms with Crippen LogP contribution in [0.25, 0.3) is 0 Å². The quantitative estimate of drug-likeness (QED) is 0.302. The van der Waals surface area contributed by atoms with Gasteiger partial charge in [-0.25, -0.2) is 9.07 Å². The second-order valence-corrected chi connectivity index (χ2v) is 9.25. The van der Waals surface area contributed by atoms with E-state index in [-0.39, 0.29) is 42.8 Å². The molecule has 1 fully saturated rings. The zero-order valence-electron chi connectivity index (χ0n) is 21.8. The summed E-state index contributed by atoms with van der Waals surface area (Å²) in [6, 6.07) is 3.59. The minimum atomic E-state index is -1.06. The molecule has 216 valence electrons. The Bertz CT molecular complexity index is 1360. The maximum absolute atomic E-state index is 14.7. The van der Waals surface area contributed by atoms with Crippen LogP contribution in [0, 0.1) is 17.6 Å². The molecule has 1 unspecified atom stereocenters. The smallest absolute Gasteiger partial charge is 0.271 e. The highest BCUT2D eigenvalue weighted by molar-refractivity contribution is 5.92. The van der Waals surface area contributed by atoms with Crippen molar-refractivity contribution in [1.82, 2.24) is 19.6 Å². The van der Waals surface area contributed by atoms with Gasteiger partial charge in [-0.3, -0.25) is 14.3 Å². The van der Waals surface area contributed by atoms with Crippen LogP contribution in [0.1, 0.15) is 32.2 Å². The van der Waals surface area contributed by atoms with Crippen LogP contribution in [0.2, 0.25) is 0 Å². The van der Waals surface area contributed by atoms with E-state index in [0.29, 0.717) is 26.1 Å². The number of rotatable bonds is 12. The highest BCUT2D eigenvalue weighted by atomic mass is 19.1. The van der Waals surface area contributed by atoms with Gasteiger partial charge in [-0.15, -0.1) is 0 Å². The summed E-state index contributed by atoms with van der Waals surface area (Å²) in [5, 5.41) is 29.6. The summed E-state index contributed by atoms with van der Waals surface area (Å²) in [5.74, 6) is -3.52. The average Bonchev–Trinajstić information content (AvgIpc) is 3.38. The van der Waals surface area contributed by atoms with Crippen LogP contribution in [0.5, 0.6) is 17.2 Å². The third-order valence-electron chi connectivity index (χ3n) is 6.33. The molecule has 1 aliphatic heterocycles. The molecule has 4 rings (SSSR count). The second-order valence-electron chi connectivity index (χ2n) is 9.25. The molecule has 0 bridgehead atoms. The van der Waals surface area contributed by atoms with E-state index in [9.17, 15) is 23.5 Å². The molecular formula is C26H31F2N5O7. The summed E-state index contributed by atoms with van der Waals surface area (Å²) in [7, 11) is 0. The van der Waals surface area contributed by atoms with E-state index < -0.39 is 47.6 Å². The number of aromatic nitrogens is 4. The Kier molecular flexibility index (Phi) is 9.79. The maximum atomic E-state index is 14.7. The van der Waals surface area contributed by atoms with Crippen LogP contribution < -0.4 is 20.3 Å². The van der Waals surface area contributed by atoms with Crippen molar-refractivity contribution >= 4 is 11.7 Å². The number of benzene rings is 1. The third-order valence-corrected chi connectivity index (χ3v) is 6.33. The molecule has 1 aliphatic rings. The predicted molar refractivity (Wildman–Crippen MR) is 137 cm³/mol. The van der Waals surface area contributed by atoms with Crippen LogP contribution in [-0.4, -0.2) is 68.2 Å². The fourth-order valence-corrected chi connectivity index (χ4v) is 4.31. The first-order valence-electron chi connectivity index (χ1n) is 12.9. The minimum absolute atomic E-state index is 0.0228. The van der Waals surface area contributed by atoms with Crippen molar-refractivity contribution in [3.63, 3.8) is 0 Å². The van der Waals surface area contributed by atoms with Gasteiger partial charge < -0.3 is 29.7 Å². The van der Waals surface area contributed by atoms with Gasteiger partial charge in [-0.05, 0) is 44.2 Å². The highest BCUT2D eigenvalue weighted by Crippen LogP contribution is 2.33. The Labute approximate surface area is 228 Å². The number of carbonyl (C=O) groups excluding carboxylic acids is 1. The summed E-state index contributed by atoms with van der Waals surface area (Å²) >= 11 is 0. The molecule has 3 N–H and O–H groups in total. The molecule has 12 nitrogen and oxygen atoms in total. The molecule has 1 saturated heterocycles. The van der Waals surface area contributed by atoms with Crippen LogP contribution >= 0.6 is 0 Å². The zero-order valence-corrected chi connectivity index (χ0v) is 21.8. The molecule has 3 aromatic rings. The maximum Gasteiger partial charge on any atom is 0.271 e. The second kappa shape index (κ2) is 13.5. The fourth-order valence-electron chi connectivity index (χ4n) is 4.31. The van der Waals surface area contributed by atoms with Crippen molar-refractivity contribution in [2.45, 2.75) is 44.9 Å². The topological polar surface area (TPSA) is 150 Å². The number of aliphatic hydroxyl groups excluding tert-OH is 2. The first-order chi connectivity index (χ1) is 19.3. The van der Waals surface area contributed by atoms with Crippen molar-refractivity contribution in [2.75, 3.05) is 31.7 Å². The van der Waals surface area contributed by atoms with Crippen molar-refractivity contribution in [2.24, 2.45) is 5.92 Å². The number of aliphatic hydroxyl groups is 2. The Balaban J connectivity index is 1.57. The standard InChI is InChI=1S/C26H31F2N5O7/c1-2-39-21-4-3-19(27)25(24(21)28)40-18-12-23(36)33(29-13-18)20(11-16-6-9-38-10-7-16)26(37)30-22-5-8-32(31-22)14-17(35)15-34/h3-5,8,12-13,16-17,20,34-35H,2,6-7,9-11,14-15H2,1H3,(H,30,31,37)/t17-,20?/m1/s1. The van der Waals surface area contributed by atoms with E-state index in [2.05, 4.69) is 15.5 Å². The number of amides is 1. The molecule has 1 amide bonds. The lowest BCUT2D eigenvalue weighted by Gasteiger charge is -2.26. The number of anilines is 1. The lowest BCUT2D eigenvalue weighted by Crippen LogP contribution is -2.36. The number of hydrogen-bond donors (Lipinski definition) is 3. The van der Waals surface area contributed by atoms with Crippen LogP contribution in [0.3, 0.4) is 0 Å². The minimum Gasteiger partial charge on any atom is -0.491 e. The summed E-state index contributed by atoms with van der Waals surface area (Å²) in [6.07, 6.45) is 3.29. The van der Waals surface area contributed by atoms with E-state index >= 15 is 0 Å². The Morgan fingerprint density at radius 1 is 1.27 bits per heavy atom. The molecule has 0 radical (unpaired) electrons. The fraction of sp³-hybridized carbons (Fsp3) is 0.462. The summed E-state index contributed by atoms with van der Waals surface area (Å²) in [5.41, 5.74) is -0.719. The van der Waals surface area contributed by atoms with E-state index in [1.165, 1.54) is 16.9 Å². The largest absolute Gasteiger partial charge is 0.491 e. The molecule has 2 aromatic heterocycles. The Morgan fingerprint density at radius 2 is 2.05 bits per heavy atom. The lowest BCUT2D eigenvalue weighted by atomic mass is 9.92. The average molecular weight is 564 g/mol. The molecule has 2 atom stereocenters. The zero-order chi connectivity index (χ0) is 28.6. The summed E-state index contributed by atoms with van der Waals surface area (Å²) in [6.45, 7) is 2.44. The van der Waals surface area contributed by atoms with Crippen molar-refractivity contribution in [3.8, 4) is 17.2 Å². The monoisotopic (exact) mass is 563 g/mol. The van der Waals surface area contributed by atoms with E-state index in [0.717, 1.165) is 29.1 Å². The third kappa shape index (κ3) is 7.20. The van der Waals surface area contributed by atoms with Crippen molar-refractivity contribution in [1.29, 1.82) is 0 Å². The predicted octanol–water partition coefficient (Wildman–Crippen LogP) is 2.26. The van der Waals surface area contributed by atoms with Crippen LogP contribution in [0.4, 0.5) is 14.6 Å². The normalized spacial score (nSPS) is 15.4. The summed E-state index contributed by atoms with van der Waals surface area (Å²) in [4.78, 5) is 26.5. The highest BCUT2D eigenvalue weighted by Gasteiger charge is 2.29. The van der Waals surface area contributed by atoms with E-state index in [1.54, 1.807) is 6.92 Å². The SMILES string of the molecule is CCOc1ccc(F)c(Oc2cnn(C(CC3CCOCC3)C(=O)Nc3ccn(C[C@@H](O)CO)n3)c(=O)c2)c1F. The molecule has 0 saturated carbocycles. The van der Waals surface area contributed by atoms with E-state index in [4.69, 9.17) is 19.3 Å². The Hall–Kier alpha value is -3.88. The van der Waals surface area contributed by atoms with Gasteiger partial charge in [0.2, 0.25) is 11.6 Å². The number of nitrogens with one attached hydrogen (secondary N) is 1. The van der Waals surface area contributed by atoms with Gasteiger partial charge >= 0.3 is 0 Å². The van der Waals surface area contributed by atoms with Gasteiger partial charge in [0.1, 0.15) is 6.04 Å². The van der Waals surface area contributed by atoms with Gasteiger partial charge in [-0.2, -0.15) is 14.6 Å². The van der Waals surface area contributed by atoms with Gasteiger partial charge in [0.25, 0.3) is 11.5 Å². The number of carbonyl (C=O) groups is 1. The first-order valence-corrected chi connectivity index (χ1v) is 12.9. The van der Waals surface area contributed by atoms with Gasteiger partial charge in [0.15, 0.2) is 23.1 Å². The van der Waals surface area contributed by atoms with Gasteiger partial charge in [0, 0.05) is 31.5 Å². The molecule has 3 heterocycles. The van der Waals surface area contributed by atoms with Crippen molar-refractivity contribution in [3.05, 3.63) is 58.6 Å². The first kappa shape index (κ1) is 29.1. The van der Waals surface area contributed by atoms with Crippen molar-refractivity contribution < 1.29 is 38.0 Å². The number of nitrogens with zero attached hydrogens (tertiary/aromatic N) is 4. The number of halogens is 2. The summed E-state index contributed by atoms with van der Waals surface area (Å²) < 4.78 is 47.2. The van der Waals surface area contributed by atoms with Gasteiger partial charge in [-0.1, -0.05) is 0 Å². The number of ether oxygens (including phenoxy) is 3. The Morgan fingerprint density at radius 3 is 2.75 bits per heavy atom. The molecule has 40 heavy (non-hydrogen) atoms. The molecule has 0 spiro atoms. The van der Waals surface area contributed by atoms with Crippen LogP contribution in [-0.2, 0) is 16.1 Å². The molecule has 0 aliphatic carbocycles. The number of hydrogen-bond acceptors (Lipinski definition) is 9. The molecular weight excluding hydrogens is 532 g/mol. The molecule has 1 aromatic carbocycles. The van der Waals surface area contributed by atoms with Gasteiger partial charge in [0.05, 0.1) is 32.1 Å². The van der Waals surface area contributed by atoms with Crippen LogP contribution in [0.15, 0.2) is 41.5 Å². The molecule has 14 heteroatoms. The lowest BCUT2D eigenvalue weighted by molar-refractivity contribution is -0.120.